The zero-order valence-corrected chi connectivity index (χ0v) is 7.23. The van der Waals surface area contributed by atoms with Crippen LogP contribution in [0.3, 0.4) is 0 Å². The molecule has 70 valence electrons. The van der Waals surface area contributed by atoms with Gasteiger partial charge >= 0.3 is 0 Å². The second-order valence-electron chi connectivity index (χ2n) is 3.28. The number of nitrogens with zero attached hydrogens (tertiary/aromatic N) is 2. The van der Waals surface area contributed by atoms with Crippen molar-refractivity contribution in [2.45, 2.75) is 0 Å². The number of likely N-dealkylation sites (tertiary alicyclic amines) is 1. The van der Waals surface area contributed by atoms with Crippen LogP contribution in [-0.4, -0.2) is 40.6 Å². The Morgan fingerprint density at radius 1 is 1.77 bits per heavy atom. The maximum Gasteiger partial charge on any atom is 0.271 e. The summed E-state index contributed by atoms with van der Waals surface area (Å²) in [6, 6.07) is 1.68. The van der Waals surface area contributed by atoms with E-state index in [2.05, 4.69) is 10.2 Å². The zero-order chi connectivity index (χ0) is 9.26. The van der Waals surface area contributed by atoms with Gasteiger partial charge in [0.15, 0.2) is 0 Å². The summed E-state index contributed by atoms with van der Waals surface area (Å²) in [5.41, 5.74) is 6.01. The average Bonchev–Trinajstić information content (AvgIpc) is 2.53. The molecule has 1 amide bonds. The van der Waals surface area contributed by atoms with Crippen molar-refractivity contribution in [2.75, 3.05) is 19.6 Å². The molecule has 0 aliphatic carbocycles. The van der Waals surface area contributed by atoms with Crippen LogP contribution in [0.25, 0.3) is 0 Å². The number of rotatable bonds is 2. The van der Waals surface area contributed by atoms with Crippen molar-refractivity contribution in [2.24, 2.45) is 11.7 Å². The van der Waals surface area contributed by atoms with Gasteiger partial charge in [-0.3, -0.25) is 9.89 Å². The lowest BCUT2D eigenvalue weighted by Crippen LogP contribution is -2.52. The summed E-state index contributed by atoms with van der Waals surface area (Å²) < 4.78 is 0. The molecule has 0 atom stereocenters. The van der Waals surface area contributed by atoms with Gasteiger partial charge in [-0.2, -0.15) is 5.10 Å². The van der Waals surface area contributed by atoms with Crippen LogP contribution in [0.2, 0.25) is 0 Å². The van der Waals surface area contributed by atoms with Crippen molar-refractivity contribution in [3.63, 3.8) is 0 Å². The second-order valence-corrected chi connectivity index (χ2v) is 3.28. The van der Waals surface area contributed by atoms with E-state index in [9.17, 15) is 4.79 Å². The molecule has 5 heteroatoms. The molecule has 2 heterocycles. The minimum Gasteiger partial charge on any atom is -0.337 e. The normalized spacial score (nSPS) is 17.2. The van der Waals surface area contributed by atoms with Gasteiger partial charge in [-0.15, -0.1) is 0 Å². The first-order valence-corrected chi connectivity index (χ1v) is 4.30. The molecule has 0 saturated carbocycles. The number of aromatic amines is 1. The van der Waals surface area contributed by atoms with Crippen molar-refractivity contribution >= 4 is 5.91 Å². The van der Waals surface area contributed by atoms with E-state index < -0.39 is 0 Å². The minimum atomic E-state index is 0.0159. The molecule has 13 heavy (non-hydrogen) atoms. The summed E-state index contributed by atoms with van der Waals surface area (Å²) in [7, 11) is 0. The maximum absolute atomic E-state index is 11.6. The fraction of sp³-hybridized carbons (Fsp3) is 0.500. The second kappa shape index (κ2) is 3.18. The third-order valence-electron chi connectivity index (χ3n) is 2.31. The van der Waals surface area contributed by atoms with Gasteiger partial charge in [0.05, 0.1) is 0 Å². The van der Waals surface area contributed by atoms with Gasteiger partial charge in [0.2, 0.25) is 0 Å². The van der Waals surface area contributed by atoms with E-state index in [4.69, 9.17) is 5.73 Å². The van der Waals surface area contributed by atoms with Crippen LogP contribution in [0.5, 0.6) is 0 Å². The first-order chi connectivity index (χ1) is 6.31. The minimum absolute atomic E-state index is 0.0159. The number of hydrogen-bond acceptors (Lipinski definition) is 3. The van der Waals surface area contributed by atoms with Gasteiger partial charge in [0.1, 0.15) is 5.69 Å². The van der Waals surface area contributed by atoms with Crippen molar-refractivity contribution in [1.82, 2.24) is 15.1 Å². The van der Waals surface area contributed by atoms with Crippen LogP contribution >= 0.6 is 0 Å². The Morgan fingerprint density at radius 2 is 2.54 bits per heavy atom. The predicted molar refractivity (Wildman–Crippen MR) is 47.0 cm³/mol. The summed E-state index contributed by atoms with van der Waals surface area (Å²) in [6.07, 6.45) is 1.58. The molecule has 1 aliphatic heterocycles. The van der Waals surface area contributed by atoms with E-state index in [-0.39, 0.29) is 5.91 Å². The lowest BCUT2D eigenvalue weighted by Gasteiger charge is -2.38. The summed E-state index contributed by atoms with van der Waals surface area (Å²) in [4.78, 5) is 13.3. The molecular formula is C8H12N4O. The molecule has 1 saturated heterocycles. The first kappa shape index (κ1) is 8.25. The number of amides is 1. The van der Waals surface area contributed by atoms with E-state index >= 15 is 0 Å². The number of aromatic nitrogens is 2. The molecule has 0 aromatic carbocycles. The van der Waals surface area contributed by atoms with E-state index in [1.54, 1.807) is 17.2 Å². The zero-order valence-electron chi connectivity index (χ0n) is 7.23. The molecule has 0 radical (unpaired) electrons. The fourth-order valence-corrected chi connectivity index (χ4v) is 1.43. The lowest BCUT2D eigenvalue weighted by atomic mass is 10.0. The summed E-state index contributed by atoms with van der Waals surface area (Å²) in [5.74, 6) is 0.495. The Morgan fingerprint density at radius 3 is 3.08 bits per heavy atom. The quantitative estimate of drug-likeness (QED) is 0.640. The molecule has 1 aliphatic rings. The standard InChI is InChI=1S/C8H12N4O/c9-3-6-4-12(5-6)8(13)7-1-2-10-11-7/h1-2,6H,3-5,9H2,(H,10,11). The van der Waals surface area contributed by atoms with E-state index in [1.807, 2.05) is 0 Å². The van der Waals surface area contributed by atoms with Crippen molar-refractivity contribution in [3.05, 3.63) is 18.0 Å². The van der Waals surface area contributed by atoms with Crippen LogP contribution in [-0.2, 0) is 0 Å². The van der Waals surface area contributed by atoms with Crippen LogP contribution in [0, 0.1) is 5.92 Å². The molecule has 0 bridgehead atoms. The number of nitrogens with one attached hydrogen (secondary N) is 1. The number of nitrogens with two attached hydrogens (primary N) is 1. The monoisotopic (exact) mass is 180 g/mol. The van der Waals surface area contributed by atoms with Gasteiger partial charge in [0, 0.05) is 25.2 Å². The number of carbonyl (C=O) groups is 1. The molecule has 1 aromatic heterocycles. The van der Waals surface area contributed by atoms with Crippen molar-refractivity contribution < 1.29 is 4.79 Å². The highest BCUT2D eigenvalue weighted by Crippen LogP contribution is 2.16. The van der Waals surface area contributed by atoms with Gasteiger partial charge in [0.25, 0.3) is 5.91 Å². The van der Waals surface area contributed by atoms with Gasteiger partial charge in [-0.25, -0.2) is 0 Å². The Kier molecular flexibility index (Phi) is 2.02. The summed E-state index contributed by atoms with van der Waals surface area (Å²) >= 11 is 0. The third-order valence-corrected chi connectivity index (χ3v) is 2.31. The molecule has 5 nitrogen and oxygen atoms in total. The van der Waals surface area contributed by atoms with E-state index in [0.717, 1.165) is 13.1 Å². The summed E-state index contributed by atoms with van der Waals surface area (Å²) in [6.45, 7) is 2.20. The molecule has 2 rings (SSSR count). The van der Waals surface area contributed by atoms with Crippen LogP contribution in [0.4, 0.5) is 0 Å². The third kappa shape index (κ3) is 1.42. The Balaban J connectivity index is 1.94. The first-order valence-electron chi connectivity index (χ1n) is 4.30. The van der Waals surface area contributed by atoms with E-state index in [0.29, 0.717) is 18.2 Å². The van der Waals surface area contributed by atoms with Crippen LogP contribution in [0.1, 0.15) is 10.5 Å². The number of H-pyrrole nitrogens is 1. The molecule has 3 N–H and O–H groups in total. The summed E-state index contributed by atoms with van der Waals surface area (Å²) in [5, 5.41) is 6.37. The number of hydrogen-bond donors (Lipinski definition) is 2. The Bertz CT molecular complexity index is 289. The predicted octanol–water partition coefficient (Wildman–Crippen LogP) is -0.560. The van der Waals surface area contributed by atoms with Crippen LogP contribution in [0.15, 0.2) is 12.3 Å². The van der Waals surface area contributed by atoms with Crippen LogP contribution < -0.4 is 5.73 Å². The lowest BCUT2D eigenvalue weighted by molar-refractivity contribution is 0.0509. The largest absolute Gasteiger partial charge is 0.337 e. The Hall–Kier alpha value is -1.36. The maximum atomic E-state index is 11.6. The molecule has 1 fully saturated rings. The van der Waals surface area contributed by atoms with Gasteiger partial charge in [-0.1, -0.05) is 0 Å². The topological polar surface area (TPSA) is 75.0 Å². The van der Waals surface area contributed by atoms with E-state index in [1.165, 1.54) is 0 Å². The van der Waals surface area contributed by atoms with Gasteiger partial charge in [-0.05, 0) is 12.6 Å². The van der Waals surface area contributed by atoms with Crippen molar-refractivity contribution in [1.29, 1.82) is 0 Å². The molecule has 0 unspecified atom stereocenters. The SMILES string of the molecule is NCC1CN(C(=O)c2ccn[nH]2)C1. The smallest absolute Gasteiger partial charge is 0.271 e. The fourth-order valence-electron chi connectivity index (χ4n) is 1.43. The molecule has 0 spiro atoms. The number of carbonyl (C=O) groups excluding carboxylic acids is 1. The molecule has 1 aromatic rings. The average molecular weight is 180 g/mol. The highest BCUT2D eigenvalue weighted by atomic mass is 16.2. The van der Waals surface area contributed by atoms with Gasteiger partial charge < -0.3 is 10.6 Å². The highest BCUT2D eigenvalue weighted by Gasteiger charge is 2.30. The van der Waals surface area contributed by atoms with Crippen molar-refractivity contribution in [3.8, 4) is 0 Å². The highest BCUT2D eigenvalue weighted by molar-refractivity contribution is 5.92. The molecular weight excluding hydrogens is 168 g/mol. The Labute approximate surface area is 75.9 Å².